The van der Waals surface area contributed by atoms with Crippen LogP contribution < -0.4 is 0 Å². The number of methoxy groups -OCH3 is 1. The van der Waals surface area contributed by atoms with Gasteiger partial charge in [0, 0.05) is 0 Å². The first-order valence-corrected chi connectivity index (χ1v) is 5.51. The van der Waals surface area contributed by atoms with Gasteiger partial charge in [-0.15, -0.1) is 0 Å². The standard InChI is InChI=1S/C12H20O2/c1-10-8-6-4-3-5-7-9-11(10)12(13)14-2/h11H,1,3-9H2,2H3. The fourth-order valence-electron chi connectivity index (χ4n) is 2.04. The Bertz CT molecular complexity index is 208. The summed E-state index contributed by atoms with van der Waals surface area (Å²) < 4.78 is 4.80. The molecule has 2 heteroatoms. The molecule has 1 fully saturated rings. The highest BCUT2D eigenvalue weighted by molar-refractivity contribution is 5.75. The van der Waals surface area contributed by atoms with E-state index in [0.717, 1.165) is 24.8 Å². The van der Waals surface area contributed by atoms with Gasteiger partial charge in [0.1, 0.15) is 0 Å². The van der Waals surface area contributed by atoms with Gasteiger partial charge in [0.25, 0.3) is 0 Å². The molecule has 1 aliphatic carbocycles. The smallest absolute Gasteiger partial charge is 0.312 e. The van der Waals surface area contributed by atoms with E-state index in [1.54, 1.807) is 0 Å². The summed E-state index contributed by atoms with van der Waals surface area (Å²) >= 11 is 0. The minimum Gasteiger partial charge on any atom is -0.469 e. The van der Waals surface area contributed by atoms with Gasteiger partial charge in [-0.05, 0) is 19.3 Å². The van der Waals surface area contributed by atoms with E-state index in [9.17, 15) is 4.79 Å². The molecule has 2 nitrogen and oxygen atoms in total. The number of carbonyl (C=O) groups is 1. The van der Waals surface area contributed by atoms with Gasteiger partial charge in [-0.3, -0.25) is 4.79 Å². The van der Waals surface area contributed by atoms with Crippen molar-refractivity contribution < 1.29 is 9.53 Å². The molecule has 0 spiro atoms. The summed E-state index contributed by atoms with van der Waals surface area (Å²) in [7, 11) is 1.46. The second-order valence-corrected chi connectivity index (χ2v) is 4.04. The predicted molar refractivity (Wildman–Crippen MR) is 57.0 cm³/mol. The van der Waals surface area contributed by atoms with E-state index in [1.165, 1.54) is 32.8 Å². The fraction of sp³-hybridized carbons (Fsp3) is 0.750. The van der Waals surface area contributed by atoms with Crippen LogP contribution in [0.5, 0.6) is 0 Å². The predicted octanol–water partition coefficient (Wildman–Crippen LogP) is 3.08. The molecule has 80 valence electrons. The van der Waals surface area contributed by atoms with Crippen molar-refractivity contribution >= 4 is 5.97 Å². The van der Waals surface area contributed by atoms with Crippen LogP contribution in [-0.4, -0.2) is 13.1 Å². The van der Waals surface area contributed by atoms with Crippen molar-refractivity contribution in [2.45, 2.75) is 44.9 Å². The number of ether oxygens (including phenoxy) is 1. The van der Waals surface area contributed by atoms with E-state index < -0.39 is 0 Å². The van der Waals surface area contributed by atoms with Crippen LogP contribution in [0.3, 0.4) is 0 Å². The van der Waals surface area contributed by atoms with Crippen LogP contribution in [-0.2, 0) is 9.53 Å². The zero-order valence-electron chi connectivity index (χ0n) is 9.05. The summed E-state index contributed by atoms with van der Waals surface area (Å²) in [6, 6.07) is 0. The molecule has 0 aromatic heterocycles. The van der Waals surface area contributed by atoms with Crippen molar-refractivity contribution in [3.05, 3.63) is 12.2 Å². The van der Waals surface area contributed by atoms with Gasteiger partial charge in [0.2, 0.25) is 0 Å². The summed E-state index contributed by atoms with van der Waals surface area (Å²) in [6.07, 6.45) is 8.01. The molecule has 0 bridgehead atoms. The van der Waals surface area contributed by atoms with Gasteiger partial charge in [-0.1, -0.05) is 37.8 Å². The van der Waals surface area contributed by atoms with E-state index in [2.05, 4.69) is 6.58 Å². The molecule has 0 aromatic carbocycles. The third kappa shape index (κ3) is 3.17. The second kappa shape index (κ2) is 5.84. The van der Waals surface area contributed by atoms with Crippen LogP contribution >= 0.6 is 0 Å². The van der Waals surface area contributed by atoms with Gasteiger partial charge in [-0.2, -0.15) is 0 Å². The molecule has 0 aliphatic heterocycles. The van der Waals surface area contributed by atoms with Gasteiger partial charge in [-0.25, -0.2) is 0 Å². The molecule has 14 heavy (non-hydrogen) atoms. The van der Waals surface area contributed by atoms with Crippen molar-refractivity contribution in [2.24, 2.45) is 5.92 Å². The van der Waals surface area contributed by atoms with E-state index >= 15 is 0 Å². The zero-order valence-corrected chi connectivity index (χ0v) is 9.05. The zero-order chi connectivity index (χ0) is 10.4. The number of rotatable bonds is 1. The molecule has 0 amide bonds. The summed E-state index contributed by atoms with van der Waals surface area (Å²) in [5, 5.41) is 0. The average Bonchev–Trinajstić information content (AvgIpc) is 2.29. The van der Waals surface area contributed by atoms with Crippen molar-refractivity contribution in [1.29, 1.82) is 0 Å². The molecule has 0 aromatic rings. The molecule has 1 saturated carbocycles. The van der Waals surface area contributed by atoms with Gasteiger partial charge in [0.05, 0.1) is 13.0 Å². The van der Waals surface area contributed by atoms with Crippen LogP contribution in [0, 0.1) is 5.92 Å². The Balaban J connectivity index is 2.57. The van der Waals surface area contributed by atoms with Crippen molar-refractivity contribution in [1.82, 2.24) is 0 Å². The maximum Gasteiger partial charge on any atom is 0.312 e. The number of hydrogen-bond acceptors (Lipinski definition) is 2. The molecule has 1 rings (SSSR count). The lowest BCUT2D eigenvalue weighted by Gasteiger charge is -2.15. The Kier molecular flexibility index (Phi) is 4.71. The molecule has 1 aliphatic rings. The van der Waals surface area contributed by atoms with Crippen molar-refractivity contribution in [3.8, 4) is 0 Å². The van der Waals surface area contributed by atoms with Gasteiger partial charge in [0.15, 0.2) is 0 Å². The van der Waals surface area contributed by atoms with E-state index in [0.29, 0.717) is 0 Å². The maximum atomic E-state index is 11.5. The highest BCUT2D eigenvalue weighted by atomic mass is 16.5. The van der Waals surface area contributed by atoms with E-state index in [1.807, 2.05) is 0 Å². The van der Waals surface area contributed by atoms with Crippen LogP contribution in [0.25, 0.3) is 0 Å². The Morgan fingerprint density at radius 3 is 2.64 bits per heavy atom. The van der Waals surface area contributed by atoms with Crippen LogP contribution in [0.2, 0.25) is 0 Å². The lowest BCUT2D eigenvalue weighted by atomic mass is 9.92. The first-order valence-electron chi connectivity index (χ1n) is 5.51. The van der Waals surface area contributed by atoms with Crippen LogP contribution in [0.15, 0.2) is 12.2 Å². The SMILES string of the molecule is C=C1CCCCCCCC1C(=O)OC. The molecular weight excluding hydrogens is 176 g/mol. The Hall–Kier alpha value is -0.790. The summed E-state index contributed by atoms with van der Waals surface area (Å²) in [4.78, 5) is 11.5. The van der Waals surface area contributed by atoms with Crippen molar-refractivity contribution in [3.63, 3.8) is 0 Å². The molecular formula is C12H20O2. The molecule has 0 heterocycles. The highest BCUT2D eigenvalue weighted by Gasteiger charge is 2.22. The minimum absolute atomic E-state index is 0.0434. The number of hydrogen-bond donors (Lipinski definition) is 0. The summed E-state index contributed by atoms with van der Waals surface area (Å²) in [6.45, 7) is 4.01. The Morgan fingerprint density at radius 2 is 1.93 bits per heavy atom. The molecule has 0 N–H and O–H groups in total. The van der Waals surface area contributed by atoms with Crippen LogP contribution in [0.4, 0.5) is 0 Å². The average molecular weight is 196 g/mol. The lowest BCUT2D eigenvalue weighted by molar-refractivity contribution is -0.144. The first kappa shape index (κ1) is 11.3. The van der Waals surface area contributed by atoms with Gasteiger partial charge >= 0.3 is 5.97 Å². The number of esters is 1. The minimum atomic E-state index is -0.100. The summed E-state index contributed by atoms with van der Waals surface area (Å²) in [5.41, 5.74) is 1.07. The Labute approximate surface area is 86.3 Å². The van der Waals surface area contributed by atoms with Crippen molar-refractivity contribution in [2.75, 3.05) is 7.11 Å². The van der Waals surface area contributed by atoms with Crippen LogP contribution in [0.1, 0.15) is 44.9 Å². The molecule has 1 unspecified atom stereocenters. The highest BCUT2D eigenvalue weighted by Crippen LogP contribution is 2.26. The van der Waals surface area contributed by atoms with E-state index in [-0.39, 0.29) is 11.9 Å². The lowest BCUT2D eigenvalue weighted by Crippen LogP contribution is -2.18. The topological polar surface area (TPSA) is 26.3 Å². The largest absolute Gasteiger partial charge is 0.469 e. The molecule has 1 atom stereocenters. The molecule has 0 radical (unpaired) electrons. The Morgan fingerprint density at radius 1 is 1.29 bits per heavy atom. The first-order chi connectivity index (χ1) is 6.75. The summed E-state index contributed by atoms with van der Waals surface area (Å²) in [5.74, 6) is -0.144. The fourth-order valence-corrected chi connectivity index (χ4v) is 2.04. The van der Waals surface area contributed by atoms with E-state index in [4.69, 9.17) is 4.74 Å². The normalized spacial score (nSPS) is 24.6. The maximum absolute atomic E-state index is 11.5. The second-order valence-electron chi connectivity index (χ2n) is 4.04. The monoisotopic (exact) mass is 196 g/mol. The third-order valence-electron chi connectivity index (χ3n) is 2.97. The van der Waals surface area contributed by atoms with Gasteiger partial charge < -0.3 is 4.74 Å². The quantitative estimate of drug-likeness (QED) is 0.476. The third-order valence-corrected chi connectivity index (χ3v) is 2.97. The number of carbonyl (C=O) groups excluding carboxylic acids is 1. The molecule has 0 saturated heterocycles.